The summed E-state index contributed by atoms with van der Waals surface area (Å²) in [4.78, 5) is 6.78. The first-order chi connectivity index (χ1) is 12.6. The smallest absolute Gasteiger partial charge is 0.155 e. The largest absolute Gasteiger partial charge is 0.454 e. The molecule has 4 heterocycles. The van der Waals surface area contributed by atoms with Crippen molar-refractivity contribution in [1.82, 2.24) is 14.6 Å². The van der Waals surface area contributed by atoms with Crippen LogP contribution in [0.25, 0.3) is 28.1 Å². The number of rotatable bonds is 2. The van der Waals surface area contributed by atoms with Crippen molar-refractivity contribution in [1.29, 1.82) is 0 Å². The van der Waals surface area contributed by atoms with Crippen LogP contribution in [0.1, 0.15) is 13.8 Å². The Bertz CT molecular complexity index is 1100. The lowest BCUT2D eigenvalue weighted by molar-refractivity contribution is -0.0276. The molecule has 0 atom stereocenters. The number of benzene rings is 1. The summed E-state index contributed by atoms with van der Waals surface area (Å²) in [6, 6.07) is 12.1. The monoisotopic (exact) mass is 348 g/mol. The Morgan fingerprint density at radius 2 is 2.08 bits per heavy atom. The van der Waals surface area contributed by atoms with Crippen LogP contribution in [0, 0.1) is 0 Å². The molecule has 26 heavy (non-hydrogen) atoms. The molecule has 1 aromatic carbocycles. The molecular formula is C20H20N4O2. The Morgan fingerprint density at radius 3 is 2.96 bits per heavy atom. The minimum absolute atomic E-state index is 0.154. The van der Waals surface area contributed by atoms with Gasteiger partial charge in [-0.05, 0) is 44.2 Å². The number of aromatic nitrogens is 3. The SMILES string of the molecule is CC1(C)CN(c2cccc3oc(-c4cnc5cccnn45)cc23)CCO1. The van der Waals surface area contributed by atoms with Gasteiger partial charge in [0.15, 0.2) is 11.4 Å². The highest BCUT2D eigenvalue weighted by Gasteiger charge is 2.28. The van der Waals surface area contributed by atoms with Gasteiger partial charge in [0.1, 0.15) is 11.3 Å². The lowest BCUT2D eigenvalue weighted by Crippen LogP contribution is -2.48. The molecule has 0 aliphatic carbocycles. The fourth-order valence-electron chi connectivity index (χ4n) is 3.67. The maximum atomic E-state index is 6.15. The quantitative estimate of drug-likeness (QED) is 0.552. The van der Waals surface area contributed by atoms with Gasteiger partial charge in [-0.3, -0.25) is 0 Å². The van der Waals surface area contributed by atoms with E-state index < -0.39 is 0 Å². The Morgan fingerprint density at radius 1 is 1.15 bits per heavy atom. The Kier molecular flexibility index (Phi) is 3.30. The average molecular weight is 348 g/mol. The van der Waals surface area contributed by atoms with E-state index in [1.807, 2.05) is 24.3 Å². The molecule has 6 heteroatoms. The molecule has 6 nitrogen and oxygen atoms in total. The molecule has 0 unspecified atom stereocenters. The van der Waals surface area contributed by atoms with E-state index in [9.17, 15) is 0 Å². The molecule has 0 N–H and O–H groups in total. The second kappa shape index (κ2) is 5.57. The molecule has 0 bridgehead atoms. The second-order valence-corrected chi connectivity index (χ2v) is 7.27. The zero-order chi connectivity index (χ0) is 17.7. The third-order valence-electron chi connectivity index (χ3n) is 4.84. The van der Waals surface area contributed by atoms with E-state index >= 15 is 0 Å². The number of ether oxygens (including phenoxy) is 1. The summed E-state index contributed by atoms with van der Waals surface area (Å²) < 4.78 is 13.8. The van der Waals surface area contributed by atoms with Crippen molar-refractivity contribution in [2.24, 2.45) is 0 Å². The third kappa shape index (κ3) is 2.45. The predicted molar refractivity (Wildman–Crippen MR) is 100 cm³/mol. The molecule has 1 saturated heterocycles. The van der Waals surface area contributed by atoms with Crippen LogP contribution in [0.5, 0.6) is 0 Å². The normalized spacial score (nSPS) is 17.2. The topological polar surface area (TPSA) is 55.8 Å². The van der Waals surface area contributed by atoms with E-state index in [2.05, 4.69) is 41.0 Å². The van der Waals surface area contributed by atoms with Crippen molar-refractivity contribution >= 4 is 22.3 Å². The van der Waals surface area contributed by atoms with E-state index in [0.29, 0.717) is 0 Å². The highest BCUT2D eigenvalue weighted by molar-refractivity contribution is 5.94. The minimum atomic E-state index is -0.154. The molecule has 5 rings (SSSR count). The van der Waals surface area contributed by atoms with Crippen LogP contribution in [0.4, 0.5) is 5.69 Å². The van der Waals surface area contributed by atoms with Gasteiger partial charge in [0, 0.05) is 30.4 Å². The van der Waals surface area contributed by atoms with Gasteiger partial charge >= 0.3 is 0 Å². The van der Waals surface area contributed by atoms with Crippen LogP contribution in [-0.4, -0.2) is 39.9 Å². The van der Waals surface area contributed by atoms with Gasteiger partial charge in [0.05, 0.1) is 18.4 Å². The number of morpholine rings is 1. The van der Waals surface area contributed by atoms with E-state index in [1.54, 1.807) is 16.9 Å². The molecule has 3 aromatic heterocycles. The number of imidazole rings is 1. The van der Waals surface area contributed by atoms with Gasteiger partial charge in [-0.15, -0.1) is 0 Å². The summed E-state index contributed by atoms with van der Waals surface area (Å²) in [5, 5.41) is 5.49. The first kappa shape index (κ1) is 15.4. The minimum Gasteiger partial charge on any atom is -0.454 e. The maximum Gasteiger partial charge on any atom is 0.155 e. The van der Waals surface area contributed by atoms with E-state index in [4.69, 9.17) is 9.15 Å². The van der Waals surface area contributed by atoms with Crippen molar-refractivity contribution in [3.8, 4) is 11.5 Å². The van der Waals surface area contributed by atoms with Crippen molar-refractivity contribution in [2.75, 3.05) is 24.6 Å². The van der Waals surface area contributed by atoms with Crippen LogP contribution >= 0.6 is 0 Å². The van der Waals surface area contributed by atoms with Crippen LogP contribution < -0.4 is 4.90 Å². The summed E-state index contributed by atoms with van der Waals surface area (Å²) in [5.41, 5.74) is 3.55. The second-order valence-electron chi connectivity index (χ2n) is 7.27. The summed E-state index contributed by atoms with van der Waals surface area (Å²) in [5.74, 6) is 0.770. The van der Waals surface area contributed by atoms with E-state index in [-0.39, 0.29) is 5.60 Å². The molecule has 1 fully saturated rings. The highest BCUT2D eigenvalue weighted by atomic mass is 16.5. The Labute approximate surface area is 151 Å². The number of nitrogens with zero attached hydrogens (tertiary/aromatic N) is 4. The first-order valence-corrected chi connectivity index (χ1v) is 8.81. The number of anilines is 1. The van der Waals surface area contributed by atoms with Crippen molar-refractivity contribution in [3.63, 3.8) is 0 Å². The summed E-state index contributed by atoms with van der Waals surface area (Å²) >= 11 is 0. The standard InChI is InChI=1S/C20H20N4O2/c1-20(2)13-23(9-10-25-20)15-5-3-6-17-14(15)11-18(26-17)16-12-21-19-7-4-8-22-24(16)19/h3-8,11-12H,9-10,13H2,1-2H3. The average Bonchev–Trinajstić information content (AvgIpc) is 3.24. The molecule has 4 aromatic rings. The first-order valence-electron chi connectivity index (χ1n) is 8.81. The van der Waals surface area contributed by atoms with Crippen molar-refractivity contribution in [3.05, 3.63) is 48.8 Å². The van der Waals surface area contributed by atoms with E-state index in [0.717, 1.165) is 47.8 Å². The maximum absolute atomic E-state index is 6.15. The molecule has 0 saturated carbocycles. The van der Waals surface area contributed by atoms with Crippen LogP contribution in [-0.2, 0) is 4.74 Å². The van der Waals surface area contributed by atoms with Gasteiger partial charge in [-0.1, -0.05) is 6.07 Å². The van der Waals surface area contributed by atoms with E-state index in [1.165, 1.54) is 5.69 Å². The summed E-state index contributed by atoms with van der Waals surface area (Å²) in [6.45, 7) is 6.71. The lowest BCUT2D eigenvalue weighted by atomic mass is 10.1. The molecule has 0 radical (unpaired) electrons. The van der Waals surface area contributed by atoms with Gasteiger partial charge in [0.25, 0.3) is 0 Å². The number of hydrogen-bond donors (Lipinski definition) is 0. The number of furan rings is 1. The fourth-order valence-corrected chi connectivity index (χ4v) is 3.67. The Balaban J connectivity index is 1.62. The third-order valence-corrected chi connectivity index (χ3v) is 4.84. The zero-order valence-electron chi connectivity index (χ0n) is 14.8. The van der Waals surface area contributed by atoms with Gasteiger partial charge in [-0.2, -0.15) is 5.10 Å². The molecular weight excluding hydrogens is 328 g/mol. The van der Waals surface area contributed by atoms with Crippen molar-refractivity contribution in [2.45, 2.75) is 19.4 Å². The Hall–Kier alpha value is -2.86. The summed E-state index contributed by atoms with van der Waals surface area (Å²) in [6.07, 6.45) is 3.56. The fraction of sp³-hybridized carbons (Fsp3) is 0.300. The zero-order valence-corrected chi connectivity index (χ0v) is 14.8. The number of fused-ring (bicyclic) bond motifs is 2. The molecule has 132 valence electrons. The lowest BCUT2D eigenvalue weighted by Gasteiger charge is -2.39. The summed E-state index contributed by atoms with van der Waals surface area (Å²) in [7, 11) is 0. The van der Waals surface area contributed by atoms with Crippen LogP contribution in [0.2, 0.25) is 0 Å². The molecule has 0 amide bonds. The number of hydrogen-bond acceptors (Lipinski definition) is 5. The van der Waals surface area contributed by atoms with Crippen molar-refractivity contribution < 1.29 is 9.15 Å². The molecule has 1 aliphatic heterocycles. The van der Waals surface area contributed by atoms with Gasteiger partial charge in [0.2, 0.25) is 0 Å². The van der Waals surface area contributed by atoms with Crippen LogP contribution in [0.3, 0.4) is 0 Å². The highest BCUT2D eigenvalue weighted by Crippen LogP contribution is 2.35. The van der Waals surface area contributed by atoms with Crippen LogP contribution in [0.15, 0.2) is 53.2 Å². The predicted octanol–water partition coefficient (Wildman–Crippen LogP) is 3.76. The van der Waals surface area contributed by atoms with Gasteiger partial charge < -0.3 is 14.1 Å². The molecule has 1 aliphatic rings. The van der Waals surface area contributed by atoms with Gasteiger partial charge in [-0.25, -0.2) is 9.50 Å². The molecule has 0 spiro atoms.